The van der Waals surface area contributed by atoms with E-state index in [1.54, 1.807) is 35.7 Å². The second-order valence-corrected chi connectivity index (χ2v) is 8.42. The zero-order valence-corrected chi connectivity index (χ0v) is 17.9. The topological polar surface area (TPSA) is 95.8 Å². The summed E-state index contributed by atoms with van der Waals surface area (Å²) in [4.78, 5) is 51.0. The highest BCUT2D eigenvalue weighted by Gasteiger charge is 2.49. The second kappa shape index (κ2) is 9.25. The second-order valence-electron chi connectivity index (χ2n) is 7.40. The smallest absolute Gasteiger partial charge is 0.465 e. The van der Waals surface area contributed by atoms with E-state index in [0.29, 0.717) is 35.8 Å². The summed E-state index contributed by atoms with van der Waals surface area (Å²) in [5.41, 5.74) is 1.39. The lowest BCUT2D eigenvalue weighted by molar-refractivity contribution is -0.425. The standard InChI is InChI=1S/C21H23N3O5S/c1-13(2)8-10-23-19(26)18-16(9-11-30-18)24(21(23)28)12-17(25)22-15-6-4-14(5-7-15)20(27)29-3/h4-7,9,11,13,18H,8,10,12H2,1-3H3/p+1. The van der Waals surface area contributed by atoms with Crippen LogP contribution in [0.3, 0.4) is 0 Å². The van der Waals surface area contributed by atoms with Crippen LogP contribution < -0.4 is 5.32 Å². The predicted molar refractivity (Wildman–Crippen MR) is 114 cm³/mol. The largest absolute Gasteiger partial charge is 0.501 e. The third-order valence-electron chi connectivity index (χ3n) is 4.81. The Morgan fingerprint density at radius 1 is 1.23 bits per heavy atom. The molecule has 0 saturated carbocycles. The lowest BCUT2D eigenvalue weighted by Crippen LogP contribution is -2.56. The Morgan fingerprint density at radius 3 is 2.57 bits per heavy atom. The molecule has 3 rings (SSSR count). The first-order chi connectivity index (χ1) is 14.3. The first-order valence-electron chi connectivity index (χ1n) is 9.61. The van der Waals surface area contributed by atoms with Gasteiger partial charge >= 0.3 is 17.9 Å². The first-order valence-corrected chi connectivity index (χ1v) is 10.6. The molecule has 0 fully saturated rings. The Labute approximate surface area is 179 Å². The molecule has 0 aromatic heterocycles. The maximum atomic E-state index is 13.0. The summed E-state index contributed by atoms with van der Waals surface area (Å²) in [6, 6.07) is 5.78. The van der Waals surface area contributed by atoms with Gasteiger partial charge in [0.05, 0.1) is 19.2 Å². The van der Waals surface area contributed by atoms with E-state index in [4.69, 9.17) is 0 Å². The fourth-order valence-corrected chi connectivity index (χ4v) is 4.12. The number of allylic oxidation sites excluding steroid dienone is 1. The van der Waals surface area contributed by atoms with E-state index in [-0.39, 0.29) is 12.5 Å². The van der Waals surface area contributed by atoms with Crippen LogP contribution in [0.5, 0.6) is 0 Å². The molecule has 9 heteroatoms. The van der Waals surface area contributed by atoms with Crippen LogP contribution >= 0.6 is 11.8 Å². The lowest BCUT2D eigenvalue weighted by Gasteiger charge is -2.24. The van der Waals surface area contributed by atoms with Gasteiger partial charge in [0.1, 0.15) is 5.71 Å². The summed E-state index contributed by atoms with van der Waals surface area (Å²) >= 11 is 1.34. The molecule has 0 radical (unpaired) electrons. The minimum absolute atomic E-state index is 0.209. The molecule has 30 heavy (non-hydrogen) atoms. The van der Waals surface area contributed by atoms with E-state index in [1.807, 2.05) is 13.8 Å². The third-order valence-corrected chi connectivity index (χ3v) is 5.82. The molecule has 158 valence electrons. The van der Waals surface area contributed by atoms with Crippen LogP contribution in [0.4, 0.5) is 10.5 Å². The average Bonchev–Trinajstić information content (AvgIpc) is 3.21. The van der Waals surface area contributed by atoms with Crippen molar-refractivity contribution in [2.75, 3.05) is 25.5 Å². The highest BCUT2D eigenvalue weighted by Crippen LogP contribution is 2.28. The number of fused-ring (bicyclic) bond motifs is 1. The van der Waals surface area contributed by atoms with Crippen molar-refractivity contribution in [2.45, 2.75) is 25.5 Å². The van der Waals surface area contributed by atoms with Crippen molar-refractivity contribution in [3.05, 3.63) is 41.3 Å². The number of anilines is 1. The van der Waals surface area contributed by atoms with Crippen LogP contribution in [-0.2, 0) is 14.3 Å². The SMILES string of the molecule is COC(=O)c1ccc(NC(=O)C[N+]2=C3C=CSC3C(=O)N(CCC(C)C)C2=O)cc1. The minimum Gasteiger partial charge on any atom is -0.465 e. The molecule has 1 atom stereocenters. The van der Waals surface area contributed by atoms with Gasteiger partial charge < -0.3 is 10.1 Å². The number of imide groups is 1. The summed E-state index contributed by atoms with van der Waals surface area (Å²) in [5, 5.41) is 3.99. The Morgan fingerprint density at radius 2 is 1.93 bits per heavy atom. The highest BCUT2D eigenvalue weighted by molar-refractivity contribution is 8.04. The summed E-state index contributed by atoms with van der Waals surface area (Å²) in [6.45, 7) is 4.17. The number of esters is 1. The average molecular weight is 431 g/mol. The summed E-state index contributed by atoms with van der Waals surface area (Å²) in [7, 11) is 1.30. The number of methoxy groups -OCH3 is 1. The normalized spacial score (nSPS) is 18.1. The molecule has 8 nitrogen and oxygen atoms in total. The van der Waals surface area contributed by atoms with E-state index in [1.165, 1.54) is 28.3 Å². The number of benzene rings is 1. The van der Waals surface area contributed by atoms with Gasteiger partial charge in [-0.15, -0.1) is 11.8 Å². The molecule has 1 unspecified atom stereocenters. The number of thioether (sulfide) groups is 1. The monoisotopic (exact) mass is 430 g/mol. The summed E-state index contributed by atoms with van der Waals surface area (Å²) in [6.07, 6.45) is 2.41. The van der Waals surface area contributed by atoms with E-state index in [0.717, 1.165) is 0 Å². The molecule has 0 bridgehead atoms. The molecular weight excluding hydrogens is 406 g/mol. The molecule has 2 heterocycles. The van der Waals surface area contributed by atoms with Crippen LogP contribution in [0.25, 0.3) is 0 Å². The maximum Gasteiger partial charge on any atom is 0.501 e. The number of hydrogen-bond acceptors (Lipinski definition) is 6. The predicted octanol–water partition coefficient (Wildman–Crippen LogP) is 2.50. The lowest BCUT2D eigenvalue weighted by atomic mass is 10.1. The van der Waals surface area contributed by atoms with Crippen molar-refractivity contribution in [3.63, 3.8) is 0 Å². The molecule has 2 aliphatic heterocycles. The number of nitrogens with one attached hydrogen (secondary N) is 1. The summed E-state index contributed by atoms with van der Waals surface area (Å²) in [5.74, 6) is -0.759. The Hall–Kier alpha value is -2.94. The number of carbonyl (C=O) groups excluding carboxylic acids is 4. The zero-order valence-electron chi connectivity index (χ0n) is 17.1. The van der Waals surface area contributed by atoms with Crippen molar-refractivity contribution in [3.8, 4) is 0 Å². The number of carbonyl (C=O) groups is 4. The van der Waals surface area contributed by atoms with Crippen molar-refractivity contribution >= 4 is 47.0 Å². The fraction of sp³-hybridized carbons (Fsp3) is 0.381. The molecule has 1 N–H and O–H groups in total. The van der Waals surface area contributed by atoms with E-state index in [9.17, 15) is 19.2 Å². The molecule has 1 aromatic carbocycles. The number of hydrogen-bond donors (Lipinski definition) is 1. The maximum absolute atomic E-state index is 13.0. The van der Waals surface area contributed by atoms with Crippen molar-refractivity contribution in [1.29, 1.82) is 0 Å². The van der Waals surface area contributed by atoms with E-state index < -0.39 is 23.2 Å². The van der Waals surface area contributed by atoms with Gasteiger partial charge in [0, 0.05) is 5.69 Å². The van der Waals surface area contributed by atoms with Gasteiger partial charge in [0.15, 0.2) is 11.8 Å². The van der Waals surface area contributed by atoms with Gasteiger partial charge in [0.25, 0.3) is 5.91 Å². The van der Waals surface area contributed by atoms with Crippen LogP contribution in [0.15, 0.2) is 35.7 Å². The van der Waals surface area contributed by atoms with E-state index >= 15 is 0 Å². The molecule has 2 aliphatic rings. The Bertz CT molecular complexity index is 936. The van der Waals surface area contributed by atoms with Crippen LogP contribution in [0.1, 0.15) is 30.6 Å². The number of rotatable bonds is 7. The molecular formula is C21H24N3O5S+. The van der Waals surface area contributed by atoms with Crippen LogP contribution in [-0.4, -0.2) is 64.5 Å². The van der Waals surface area contributed by atoms with E-state index in [2.05, 4.69) is 10.1 Å². The summed E-state index contributed by atoms with van der Waals surface area (Å²) < 4.78 is 6.01. The van der Waals surface area contributed by atoms with Gasteiger partial charge in [0.2, 0.25) is 0 Å². The Kier molecular flexibility index (Phi) is 6.71. The minimum atomic E-state index is -0.498. The number of ether oxygens (including phenoxy) is 1. The van der Waals surface area contributed by atoms with Gasteiger partial charge in [-0.3, -0.25) is 4.79 Å². The molecule has 0 aliphatic carbocycles. The zero-order chi connectivity index (χ0) is 21.8. The van der Waals surface area contributed by atoms with Gasteiger partial charge in [-0.2, -0.15) is 14.3 Å². The molecule has 1 aromatic rings. The fourth-order valence-electron chi connectivity index (χ4n) is 3.16. The van der Waals surface area contributed by atoms with Gasteiger partial charge in [-0.05, 0) is 48.1 Å². The van der Waals surface area contributed by atoms with Crippen molar-refractivity contribution in [1.82, 2.24) is 4.90 Å². The third kappa shape index (κ3) is 4.62. The number of amides is 4. The van der Waals surface area contributed by atoms with Crippen molar-refractivity contribution < 1.29 is 28.5 Å². The molecule has 4 amide bonds. The van der Waals surface area contributed by atoms with Gasteiger partial charge in [-0.25, -0.2) is 9.59 Å². The van der Waals surface area contributed by atoms with Crippen LogP contribution in [0.2, 0.25) is 0 Å². The highest BCUT2D eigenvalue weighted by atomic mass is 32.2. The quantitative estimate of drug-likeness (QED) is 0.528. The molecule has 0 saturated heterocycles. The Balaban J connectivity index is 1.74. The molecule has 0 spiro atoms. The first kappa shape index (κ1) is 21.8. The van der Waals surface area contributed by atoms with Crippen molar-refractivity contribution in [2.24, 2.45) is 5.92 Å². The van der Waals surface area contributed by atoms with Crippen LogP contribution in [0, 0.1) is 5.92 Å². The van der Waals surface area contributed by atoms with Gasteiger partial charge in [-0.1, -0.05) is 13.8 Å². The number of nitrogens with zero attached hydrogens (tertiary/aromatic N) is 2. The number of urea groups is 1.